The highest BCUT2D eigenvalue weighted by atomic mass is 16.6. The monoisotopic (exact) mass is 281 g/mol. The third-order valence-corrected chi connectivity index (χ3v) is 2.46. The van der Waals surface area contributed by atoms with Gasteiger partial charge in [-0.1, -0.05) is 0 Å². The quantitative estimate of drug-likeness (QED) is 0.892. The molecule has 0 atom stereocenters. The van der Waals surface area contributed by atoms with Gasteiger partial charge < -0.3 is 15.2 Å². The van der Waals surface area contributed by atoms with Gasteiger partial charge in [-0.05, 0) is 32.9 Å². The molecule has 0 fully saturated rings. The van der Waals surface area contributed by atoms with Crippen molar-refractivity contribution in [2.24, 2.45) is 5.73 Å². The fraction of sp³-hybridized carbons (Fsp3) is 0.571. The number of hydrogen-bond acceptors (Lipinski definition) is 5. The Morgan fingerprint density at radius 3 is 2.55 bits per heavy atom. The summed E-state index contributed by atoms with van der Waals surface area (Å²) >= 11 is 0. The summed E-state index contributed by atoms with van der Waals surface area (Å²) in [6.07, 6.45) is 1.19. The van der Waals surface area contributed by atoms with Crippen molar-refractivity contribution >= 4 is 11.8 Å². The second kappa shape index (κ2) is 7.21. The first kappa shape index (κ1) is 16.4. The summed E-state index contributed by atoms with van der Waals surface area (Å²) in [7, 11) is 1.59. The van der Waals surface area contributed by atoms with Gasteiger partial charge in [-0.3, -0.25) is 9.88 Å². The van der Waals surface area contributed by atoms with E-state index in [-0.39, 0.29) is 0 Å². The summed E-state index contributed by atoms with van der Waals surface area (Å²) in [6, 6.07) is 3.59. The molecule has 2 N–H and O–H groups in total. The molecule has 0 saturated heterocycles. The molecule has 20 heavy (non-hydrogen) atoms. The van der Waals surface area contributed by atoms with Crippen LogP contribution in [0.5, 0.6) is 0 Å². The largest absolute Gasteiger partial charge is 0.443 e. The van der Waals surface area contributed by atoms with E-state index in [1.54, 1.807) is 25.4 Å². The Kier molecular flexibility index (Phi) is 5.91. The minimum Gasteiger partial charge on any atom is -0.443 e. The molecule has 6 nitrogen and oxygen atoms in total. The summed E-state index contributed by atoms with van der Waals surface area (Å²) < 4.78 is 10.4. The lowest BCUT2D eigenvalue weighted by molar-refractivity contribution is 0.0569. The van der Waals surface area contributed by atoms with Crippen LogP contribution >= 0.6 is 0 Å². The summed E-state index contributed by atoms with van der Waals surface area (Å²) in [6.45, 7) is 6.66. The smallest absolute Gasteiger partial charge is 0.414 e. The van der Waals surface area contributed by atoms with E-state index in [9.17, 15) is 4.79 Å². The van der Waals surface area contributed by atoms with E-state index in [0.717, 1.165) is 5.69 Å². The summed E-state index contributed by atoms with van der Waals surface area (Å²) in [5.41, 5.74) is 6.39. The standard InChI is InChI=1S/C14H23N3O3/c1-14(2,3)20-13(18)17(7-8-19-4)12-6-5-11(9-15)16-10-12/h5-6,10H,7-9,15H2,1-4H3. The SMILES string of the molecule is COCCN(C(=O)OC(C)(C)C)c1ccc(CN)nc1. The van der Waals surface area contributed by atoms with Crippen molar-refractivity contribution in [2.75, 3.05) is 25.2 Å². The molecule has 112 valence electrons. The molecule has 1 aromatic rings. The van der Waals surface area contributed by atoms with Gasteiger partial charge in [0.2, 0.25) is 0 Å². The highest BCUT2D eigenvalue weighted by molar-refractivity contribution is 5.87. The Morgan fingerprint density at radius 1 is 1.40 bits per heavy atom. The average molecular weight is 281 g/mol. The Bertz CT molecular complexity index is 426. The number of anilines is 1. The minimum atomic E-state index is -0.549. The van der Waals surface area contributed by atoms with Crippen molar-refractivity contribution < 1.29 is 14.3 Å². The zero-order valence-electron chi connectivity index (χ0n) is 12.5. The lowest BCUT2D eigenvalue weighted by Gasteiger charge is -2.27. The maximum atomic E-state index is 12.2. The Morgan fingerprint density at radius 2 is 2.10 bits per heavy atom. The molecule has 1 aromatic heterocycles. The van der Waals surface area contributed by atoms with Crippen LogP contribution in [0.3, 0.4) is 0 Å². The second-order valence-electron chi connectivity index (χ2n) is 5.34. The first-order valence-corrected chi connectivity index (χ1v) is 6.52. The lowest BCUT2D eigenvalue weighted by Crippen LogP contribution is -2.38. The van der Waals surface area contributed by atoms with Gasteiger partial charge >= 0.3 is 6.09 Å². The number of aromatic nitrogens is 1. The highest BCUT2D eigenvalue weighted by Gasteiger charge is 2.23. The van der Waals surface area contributed by atoms with Gasteiger partial charge in [0.15, 0.2) is 0 Å². The molecule has 0 aliphatic carbocycles. The molecule has 0 unspecified atom stereocenters. The van der Waals surface area contributed by atoms with Crippen molar-refractivity contribution in [3.05, 3.63) is 24.0 Å². The second-order valence-corrected chi connectivity index (χ2v) is 5.34. The molecule has 1 amide bonds. The van der Waals surface area contributed by atoms with Crippen LogP contribution in [0.2, 0.25) is 0 Å². The van der Waals surface area contributed by atoms with E-state index in [1.807, 2.05) is 20.8 Å². The first-order valence-electron chi connectivity index (χ1n) is 6.52. The topological polar surface area (TPSA) is 77.7 Å². The van der Waals surface area contributed by atoms with Crippen LogP contribution < -0.4 is 10.6 Å². The predicted octanol–water partition coefficient (Wildman–Crippen LogP) is 1.93. The van der Waals surface area contributed by atoms with E-state index in [2.05, 4.69) is 4.98 Å². The van der Waals surface area contributed by atoms with Crippen LogP contribution in [0.25, 0.3) is 0 Å². The minimum absolute atomic E-state index is 0.366. The normalized spacial score (nSPS) is 11.2. The van der Waals surface area contributed by atoms with Crippen LogP contribution in [0, 0.1) is 0 Å². The van der Waals surface area contributed by atoms with Crippen molar-refractivity contribution in [1.82, 2.24) is 4.98 Å². The highest BCUT2D eigenvalue weighted by Crippen LogP contribution is 2.17. The van der Waals surface area contributed by atoms with Gasteiger partial charge in [0.05, 0.1) is 30.7 Å². The predicted molar refractivity (Wildman–Crippen MR) is 77.6 cm³/mol. The maximum absolute atomic E-state index is 12.2. The number of nitrogens with zero attached hydrogens (tertiary/aromatic N) is 2. The van der Waals surface area contributed by atoms with E-state index >= 15 is 0 Å². The molecule has 0 aromatic carbocycles. The molecule has 6 heteroatoms. The number of ether oxygens (including phenoxy) is 2. The Labute approximate surface area is 119 Å². The number of methoxy groups -OCH3 is 1. The van der Waals surface area contributed by atoms with E-state index in [1.165, 1.54) is 4.90 Å². The Balaban J connectivity index is 2.89. The number of amides is 1. The lowest BCUT2D eigenvalue weighted by atomic mass is 10.2. The van der Waals surface area contributed by atoms with Crippen molar-refractivity contribution in [3.8, 4) is 0 Å². The third-order valence-electron chi connectivity index (χ3n) is 2.46. The summed E-state index contributed by atoms with van der Waals surface area (Å²) in [4.78, 5) is 17.9. The van der Waals surface area contributed by atoms with E-state index < -0.39 is 11.7 Å². The molecule has 0 radical (unpaired) electrons. The zero-order valence-corrected chi connectivity index (χ0v) is 12.5. The summed E-state index contributed by atoms with van der Waals surface area (Å²) in [5, 5.41) is 0. The number of nitrogens with two attached hydrogens (primary N) is 1. The van der Waals surface area contributed by atoms with Crippen molar-refractivity contribution in [1.29, 1.82) is 0 Å². The van der Waals surface area contributed by atoms with Gasteiger partial charge in [0.25, 0.3) is 0 Å². The van der Waals surface area contributed by atoms with E-state index in [4.69, 9.17) is 15.2 Å². The molecule has 0 spiro atoms. The zero-order chi connectivity index (χ0) is 15.2. The molecule has 0 aliphatic heterocycles. The molecule has 0 aliphatic rings. The first-order chi connectivity index (χ1) is 9.37. The van der Waals surface area contributed by atoms with Crippen LogP contribution in [-0.2, 0) is 16.0 Å². The van der Waals surface area contributed by atoms with Crippen LogP contribution in [0.1, 0.15) is 26.5 Å². The Hall–Kier alpha value is -1.66. The van der Waals surface area contributed by atoms with Gasteiger partial charge in [-0.2, -0.15) is 0 Å². The number of rotatable bonds is 5. The van der Waals surface area contributed by atoms with Gasteiger partial charge in [-0.15, -0.1) is 0 Å². The fourth-order valence-electron chi connectivity index (χ4n) is 1.52. The van der Waals surface area contributed by atoms with Gasteiger partial charge in [0.1, 0.15) is 5.60 Å². The molecular formula is C14H23N3O3. The molecule has 1 rings (SSSR count). The fourth-order valence-corrected chi connectivity index (χ4v) is 1.52. The van der Waals surface area contributed by atoms with Gasteiger partial charge in [0, 0.05) is 13.7 Å². The summed E-state index contributed by atoms with van der Waals surface area (Å²) in [5.74, 6) is 0. The van der Waals surface area contributed by atoms with Crippen molar-refractivity contribution in [3.63, 3.8) is 0 Å². The average Bonchev–Trinajstić information content (AvgIpc) is 2.38. The molecule has 1 heterocycles. The van der Waals surface area contributed by atoms with Crippen LogP contribution in [0.15, 0.2) is 18.3 Å². The van der Waals surface area contributed by atoms with Crippen LogP contribution in [0.4, 0.5) is 10.5 Å². The third kappa shape index (κ3) is 5.14. The number of carbonyl (C=O) groups is 1. The molecular weight excluding hydrogens is 258 g/mol. The number of hydrogen-bond donors (Lipinski definition) is 1. The molecule has 0 bridgehead atoms. The van der Waals surface area contributed by atoms with E-state index in [0.29, 0.717) is 25.4 Å². The van der Waals surface area contributed by atoms with Crippen molar-refractivity contribution in [2.45, 2.75) is 32.9 Å². The number of carbonyl (C=O) groups excluding carboxylic acids is 1. The van der Waals surface area contributed by atoms with Crippen LogP contribution in [-0.4, -0.2) is 36.9 Å². The molecule has 0 saturated carbocycles. The number of pyridine rings is 1. The van der Waals surface area contributed by atoms with Gasteiger partial charge in [-0.25, -0.2) is 4.79 Å². The maximum Gasteiger partial charge on any atom is 0.414 e.